The zero-order chi connectivity index (χ0) is 35.6. The lowest BCUT2D eigenvalue weighted by molar-refractivity contribution is 0.574. The third kappa shape index (κ3) is 4.53. The molecule has 0 amide bonds. The summed E-state index contributed by atoms with van der Waals surface area (Å²) >= 11 is 0. The molecular formula is C48H44N4. The van der Waals surface area contributed by atoms with Gasteiger partial charge in [-0.25, -0.2) is 0 Å². The van der Waals surface area contributed by atoms with E-state index < -0.39 is 10.8 Å². The van der Waals surface area contributed by atoms with Gasteiger partial charge < -0.3 is 19.9 Å². The number of fused-ring (bicyclic) bond motifs is 8. The molecule has 0 radical (unpaired) electrons. The van der Waals surface area contributed by atoms with E-state index in [-0.39, 0.29) is 10.8 Å². The summed E-state index contributed by atoms with van der Waals surface area (Å²) in [6.45, 7) is 9.23. The first-order valence-corrected chi connectivity index (χ1v) is 18.3. The Bertz CT molecular complexity index is 2110. The van der Waals surface area contributed by atoms with Gasteiger partial charge in [0.05, 0.1) is 0 Å². The van der Waals surface area contributed by atoms with Gasteiger partial charge in [-0.2, -0.15) is 0 Å². The highest BCUT2D eigenvalue weighted by molar-refractivity contribution is 5.60. The van der Waals surface area contributed by atoms with Gasteiger partial charge in [0, 0.05) is 56.4 Å². The van der Waals surface area contributed by atoms with E-state index in [0.717, 1.165) is 45.6 Å². The molecule has 8 aromatic rings. The molecule has 0 spiro atoms. The van der Waals surface area contributed by atoms with Crippen LogP contribution in [0.15, 0.2) is 170 Å². The number of aromatic nitrogens is 4. The Morgan fingerprint density at radius 3 is 0.654 bits per heavy atom. The van der Waals surface area contributed by atoms with E-state index in [4.69, 9.17) is 0 Å². The lowest BCUT2D eigenvalue weighted by atomic mass is 9.69. The molecule has 0 saturated heterocycles. The molecule has 256 valence electrons. The fraction of sp³-hybridized carbons (Fsp3) is 0.167. The molecule has 4 aromatic carbocycles. The first kappa shape index (κ1) is 31.9. The molecule has 4 nitrogen and oxygen atoms in total. The van der Waals surface area contributed by atoms with Gasteiger partial charge >= 0.3 is 0 Å². The highest BCUT2D eigenvalue weighted by Crippen LogP contribution is 2.49. The molecule has 5 heterocycles. The minimum absolute atomic E-state index is 0.379. The second-order valence-electron chi connectivity index (χ2n) is 15.4. The van der Waals surface area contributed by atoms with Gasteiger partial charge in [0.25, 0.3) is 0 Å². The van der Waals surface area contributed by atoms with Crippen molar-refractivity contribution in [3.63, 3.8) is 0 Å². The summed E-state index contributed by atoms with van der Waals surface area (Å²) in [6.07, 6.45) is 0. The van der Waals surface area contributed by atoms with Crippen LogP contribution in [0, 0.1) is 0 Å². The van der Waals surface area contributed by atoms with Crippen molar-refractivity contribution in [3.8, 4) is 0 Å². The van der Waals surface area contributed by atoms with E-state index in [0.29, 0.717) is 0 Å². The van der Waals surface area contributed by atoms with Crippen molar-refractivity contribution < 1.29 is 0 Å². The van der Waals surface area contributed by atoms with Gasteiger partial charge in [0.2, 0.25) is 0 Å². The zero-order valence-electron chi connectivity index (χ0n) is 30.2. The van der Waals surface area contributed by atoms with E-state index >= 15 is 0 Å². The monoisotopic (exact) mass is 676 g/mol. The minimum atomic E-state index is -0.625. The molecule has 0 unspecified atom stereocenters. The minimum Gasteiger partial charge on any atom is -0.360 e. The van der Waals surface area contributed by atoms with Gasteiger partial charge in [-0.05, 0) is 98.5 Å². The standard InChI is InChI=1S/C48H44N4/c1-45(2)37-25-29-41(49-37)47(33-17-9-5-10-18-33,34-19-11-6-12-20-34)43-31-27-39(51-43)46(3,4)40-28-32-44(52-40)48(35-21-13-7-14-22-35,36-23-15-8-16-24-36)42-30-26-38(45)50-42/h5-32,49-52H,1-4H3. The summed E-state index contributed by atoms with van der Waals surface area (Å²) in [5, 5.41) is 0. The van der Waals surface area contributed by atoms with Crippen molar-refractivity contribution in [2.75, 3.05) is 0 Å². The third-order valence-corrected chi connectivity index (χ3v) is 11.9. The number of hydrogen-bond donors (Lipinski definition) is 4. The summed E-state index contributed by atoms with van der Waals surface area (Å²) in [4.78, 5) is 16.1. The van der Waals surface area contributed by atoms with Crippen LogP contribution >= 0.6 is 0 Å². The Balaban J connectivity index is 1.38. The fourth-order valence-electron chi connectivity index (χ4n) is 8.82. The lowest BCUT2D eigenvalue weighted by Gasteiger charge is -2.36. The Morgan fingerprint density at radius 1 is 0.250 bits per heavy atom. The molecular weight excluding hydrogens is 633 g/mol. The maximum Gasteiger partial charge on any atom is 0.100 e. The van der Waals surface area contributed by atoms with Crippen LogP contribution in [0.2, 0.25) is 0 Å². The van der Waals surface area contributed by atoms with Crippen LogP contribution in [-0.2, 0) is 21.7 Å². The highest BCUT2D eigenvalue weighted by Gasteiger charge is 2.45. The number of H-pyrrole nitrogens is 4. The molecule has 0 fully saturated rings. The SMILES string of the molecule is CC1(C)c2ccc([nH]2)C(c2ccccc2)(c2ccccc2)c2ccc([nH]2)C(C)(C)c2ccc([nH]2)C(c2ccccc2)(c2ccccc2)c2ccc1[nH]2. The van der Waals surface area contributed by atoms with E-state index in [1.807, 2.05) is 0 Å². The van der Waals surface area contributed by atoms with Crippen LogP contribution in [0.4, 0.5) is 0 Å². The van der Waals surface area contributed by atoms with Crippen LogP contribution in [0.1, 0.15) is 95.5 Å². The summed E-state index contributed by atoms with van der Waals surface area (Å²) < 4.78 is 0. The van der Waals surface area contributed by atoms with Crippen molar-refractivity contribution in [1.82, 2.24) is 19.9 Å². The molecule has 0 atom stereocenters. The number of aromatic amines is 4. The average Bonchev–Trinajstić information content (AvgIpc) is 4.03. The topological polar surface area (TPSA) is 63.2 Å². The molecule has 1 aliphatic rings. The van der Waals surface area contributed by atoms with Crippen LogP contribution in [0.3, 0.4) is 0 Å². The number of nitrogens with one attached hydrogen (secondary N) is 4. The maximum atomic E-state index is 4.03. The van der Waals surface area contributed by atoms with E-state index in [2.05, 4.69) is 217 Å². The van der Waals surface area contributed by atoms with E-state index in [1.165, 1.54) is 22.3 Å². The van der Waals surface area contributed by atoms with Crippen molar-refractivity contribution >= 4 is 0 Å². The van der Waals surface area contributed by atoms with Crippen LogP contribution < -0.4 is 0 Å². The van der Waals surface area contributed by atoms with Crippen LogP contribution in [0.25, 0.3) is 0 Å². The molecule has 4 aromatic heterocycles. The fourth-order valence-corrected chi connectivity index (χ4v) is 8.82. The molecule has 1 aliphatic heterocycles. The van der Waals surface area contributed by atoms with Crippen molar-refractivity contribution in [2.24, 2.45) is 0 Å². The van der Waals surface area contributed by atoms with Crippen molar-refractivity contribution in [1.29, 1.82) is 0 Å². The molecule has 8 bridgehead atoms. The summed E-state index contributed by atoms with van der Waals surface area (Å²) in [5.74, 6) is 0. The molecule has 52 heavy (non-hydrogen) atoms. The summed E-state index contributed by atoms with van der Waals surface area (Å²) in [7, 11) is 0. The van der Waals surface area contributed by atoms with E-state index in [1.54, 1.807) is 0 Å². The third-order valence-electron chi connectivity index (χ3n) is 11.9. The number of benzene rings is 4. The molecule has 4 N–H and O–H groups in total. The predicted molar refractivity (Wildman–Crippen MR) is 211 cm³/mol. The van der Waals surface area contributed by atoms with Gasteiger partial charge in [-0.15, -0.1) is 0 Å². The average molecular weight is 677 g/mol. The molecule has 0 aliphatic carbocycles. The number of rotatable bonds is 4. The predicted octanol–water partition coefficient (Wildman–Crippen LogP) is 10.7. The molecule has 9 rings (SSSR count). The Kier molecular flexibility index (Phi) is 7.24. The first-order valence-electron chi connectivity index (χ1n) is 18.3. The van der Waals surface area contributed by atoms with Crippen LogP contribution in [-0.4, -0.2) is 19.9 Å². The smallest absolute Gasteiger partial charge is 0.100 e. The summed E-state index contributed by atoms with van der Waals surface area (Å²) in [5.41, 5.74) is 11.8. The Hall–Kier alpha value is -6.00. The van der Waals surface area contributed by atoms with Crippen molar-refractivity contribution in [2.45, 2.75) is 49.4 Å². The zero-order valence-corrected chi connectivity index (χ0v) is 30.2. The van der Waals surface area contributed by atoms with Gasteiger partial charge in [-0.1, -0.05) is 121 Å². The highest BCUT2D eigenvalue weighted by atomic mass is 14.9. The molecule has 0 saturated carbocycles. The lowest BCUT2D eigenvalue weighted by Crippen LogP contribution is -2.34. The normalized spacial score (nSPS) is 16.7. The maximum absolute atomic E-state index is 4.03. The Morgan fingerprint density at radius 2 is 0.442 bits per heavy atom. The van der Waals surface area contributed by atoms with Gasteiger partial charge in [0.1, 0.15) is 10.8 Å². The van der Waals surface area contributed by atoms with Crippen molar-refractivity contribution in [3.05, 3.63) is 238 Å². The Labute approximate surface area is 306 Å². The second kappa shape index (κ2) is 11.8. The second-order valence-corrected chi connectivity index (χ2v) is 15.4. The quantitative estimate of drug-likeness (QED) is 0.143. The summed E-state index contributed by atoms with van der Waals surface area (Å²) in [6, 6.07) is 61.9. The van der Waals surface area contributed by atoms with Crippen LogP contribution in [0.5, 0.6) is 0 Å². The van der Waals surface area contributed by atoms with Gasteiger partial charge in [0.15, 0.2) is 0 Å². The van der Waals surface area contributed by atoms with E-state index in [9.17, 15) is 0 Å². The van der Waals surface area contributed by atoms with Gasteiger partial charge in [-0.3, -0.25) is 0 Å². The molecule has 4 heteroatoms. The largest absolute Gasteiger partial charge is 0.360 e. The number of hydrogen-bond acceptors (Lipinski definition) is 0. The first-order chi connectivity index (χ1) is 25.3.